The zero-order valence-corrected chi connectivity index (χ0v) is 14.3. The highest BCUT2D eigenvalue weighted by atomic mass is 35.6. The van der Waals surface area contributed by atoms with Gasteiger partial charge in [-0.25, -0.2) is 0 Å². The van der Waals surface area contributed by atoms with Crippen molar-refractivity contribution in [1.82, 2.24) is 5.32 Å². The molecule has 1 atom stereocenters. The monoisotopic (exact) mass is 388 g/mol. The molecule has 0 saturated heterocycles. The van der Waals surface area contributed by atoms with Crippen molar-refractivity contribution in [2.75, 3.05) is 0 Å². The molecule has 2 rings (SSSR count). The maximum absolute atomic E-state index is 12.3. The number of carbonyl (C=O) groups excluding carboxylic acids is 1. The van der Waals surface area contributed by atoms with Gasteiger partial charge in [-0.2, -0.15) is 0 Å². The van der Waals surface area contributed by atoms with Crippen molar-refractivity contribution in [3.63, 3.8) is 0 Å². The Morgan fingerprint density at radius 3 is 2.25 bits per heavy atom. The number of carbonyl (C=O) groups is 1. The molecule has 0 aromatic heterocycles. The van der Waals surface area contributed by atoms with Crippen LogP contribution in [-0.2, 0) is 0 Å². The van der Waals surface area contributed by atoms with Crippen LogP contribution in [0.5, 0.6) is 5.75 Å². The zero-order valence-electron chi connectivity index (χ0n) is 12.0. The van der Waals surface area contributed by atoms with Gasteiger partial charge in [0.2, 0.25) is 10.0 Å². The van der Waals surface area contributed by atoms with E-state index >= 15 is 0 Å². The average Bonchev–Trinajstić information content (AvgIpc) is 2.54. The lowest BCUT2D eigenvalue weighted by molar-refractivity contribution is -0.385. The Labute approximate surface area is 152 Å². The van der Waals surface area contributed by atoms with E-state index in [1.165, 1.54) is 24.3 Å². The second-order valence-electron chi connectivity index (χ2n) is 4.60. The van der Waals surface area contributed by atoms with Crippen molar-refractivity contribution in [3.8, 4) is 5.75 Å². The lowest BCUT2D eigenvalue weighted by Gasteiger charge is -2.26. The first kappa shape index (κ1) is 18.3. The Hall–Kier alpha value is -2.02. The Morgan fingerprint density at radius 1 is 1.08 bits per heavy atom. The van der Waals surface area contributed by atoms with Crippen molar-refractivity contribution < 1.29 is 14.5 Å². The summed E-state index contributed by atoms with van der Waals surface area (Å²) < 4.78 is 3.48. The Bertz CT molecular complexity index is 735. The SMILES string of the molecule is O=C(N[C@@H](Oc1ccccc1)C(Cl)(Cl)Cl)c1ccccc1[N+](=O)[O-]. The number of ether oxygens (including phenoxy) is 1. The van der Waals surface area contributed by atoms with Gasteiger partial charge in [-0.15, -0.1) is 0 Å². The van der Waals surface area contributed by atoms with Gasteiger partial charge >= 0.3 is 0 Å². The Balaban J connectivity index is 2.24. The molecule has 0 aliphatic carbocycles. The number of nitrogens with zero attached hydrogens (tertiary/aromatic N) is 1. The van der Waals surface area contributed by atoms with Gasteiger partial charge in [0.05, 0.1) is 4.92 Å². The molecule has 6 nitrogen and oxygen atoms in total. The van der Waals surface area contributed by atoms with Crippen LogP contribution in [0.2, 0.25) is 0 Å². The zero-order chi connectivity index (χ0) is 17.7. The molecule has 0 aliphatic rings. The minimum absolute atomic E-state index is 0.168. The third-order valence-corrected chi connectivity index (χ3v) is 3.50. The van der Waals surface area contributed by atoms with Gasteiger partial charge in [0, 0.05) is 6.07 Å². The molecule has 0 heterocycles. The smallest absolute Gasteiger partial charge is 0.282 e. The van der Waals surface area contributed by atoms with Crippen LogP contribution in [0.4, 0.5) is 5.69 Å². The summed E-state index contributed by atoms with van der Waals surface area (Å²) in [7, 11) is 0. The minimum atomic E-state index is -1.99. The fraction of sp³-hybridized carbons (Fsp3) is 0.133. The molecule has 126 valence electrons. The van der Waals surface area contributed by atoms with Crippen LogP contribution >= 0.6 is 34.8 Å². The molecular weight excluding hydrogens is 379 g/mol. The largest absolute Gasteiger partial charge is 0.466 e. The molecule has 1 amide bonds. The minimum Gasteiger partial charge on any atom is -0.466 e. The van der Waals surface area contributed by atoms with Gasteiger partial charge in [-0.1, -0.05) is 65.1 Å². The van der Waals surface area contributed by atoms with E-state index in [0.29, 0.717) is 5.75 Å². The third kappa shape index (κ3) is 4.74. The molecule has 2 aromatic rings. The van der Waals surface area contributed by atoms with Crippen LogP contribution < -0.4 is 10.1 Å². The van der Waals surface area contributed by atoms with E-state index in [1.807, 2.05) is 0 Å². The molecule has 0 bridgehead atoms. The summed E-state index contributed by atoms with van der Waals surface area (Å²) >= 11 is 17.5. The van der Waals surface area contributed by atoms with Crippen LogP contribution in [-0.4, -0.2) is 20.9 Å². The number of para-hydroxylation sites is 2. The summed E-state index contributed by atoms with van der Waals surface area (Å²) in [5.41, 5.74) is -0.531. The molecule has 24 heavy (non-hydrogen) atoms. The third-order valence-electron chi connectivity index (χ3n) is 2.90. The number of benzene rings is 2. The summed E-state index contributed by atoms with van der Waals surface area (Å²) in [5, 5.41) is 13.4. The van der Waals surface area contributed by atoms with Crippen molar-refractivity contribution in [2.24, 2.45) is 0 Å². The van der Waals surface area contributed by atoms with Crippen molar-refractivity contribution in [2.45, 2.75) is 10.0 Å². The first-order valence-electron chi connectivity index (χ1n) is 6.62. The van der Waals surface area contributed by atoms with Gasteiger partial charge < -0.3 is 10.1 Å². The highest BCUT2D eigenvalue weighted by Crippen LogP contribution is 2.32. The molecule has 2 aromatic carbocycles. The van der Waals surface area contributed by atoms with Crippen LogP contribution in [0, 0.1) is 10.1 Å². The normalized spacial score (nSPS) is 12.3. The summed E-state index contributed by atoms with van der Waals surface area (Å²) in [5.74, 6) is -0.439. The lowest BCUT2D eigenvalue weighted by atomic mass is 10.1. The molecule has 0 unspecified atom stereocenters. The Kier molecular flexibility index (Phi) is 5.88. The first-order valence-corrected chi connectivity index (χ1v) is 7.75. The molecule has 9 heteroatoms. The second kappa shape index (κ2) is 7.70. The number of hydrogen-bond acceptors (Lipinski definition) is 4. The number of halogens is 3. The van der Waals surface area contributed by atoms with Crippen LogP contribution in [0.25, 0.3) is 0 Å². The van der Waals surface area contributed by atoms with Crippen LogP contribution in [0.15, 0.2) is 54.6 Å². The van der Waals surface area contributed by atoms with E-state index in [1.54, 1.807) is 30.3 Å². The molecule has 0 saturated carbocycles. The van der Waals surface area contributed by atoms with Gasteiger partial charge in [-0.3, -0.25) is 14.9 Å². The maximum Gasteiger partial charge on any atom is 0.282 e. The van der Waals surface area contributed by atoms with Crippen LogP contribution in [0.1, 0.15) is 10.4 Å². The molecule has 1 N–H and O–H groups in total. The molecule has 0 aliphatic heterocycles. The number of hydrogen-bond donors (Lipinski definition) is 1. The van der Waals surface area contributed by atoms with E-state index in [4.69, 9.17) is 39.5 Å². The molecular formula is C15H11Cl3N2O4. The quantitative estimate of drug-likeness (QED) is 0.361. The van der Waals surface area contributed by atoms with Crippen molar-refractivity contribution in [3.05, 3.63) is 70.3 Å². The van der Waals surface area contributed by atoms with Crippen molar-refractivity contribution >= 4 is 46.4 Å². The first-order chi connectivity index (χ1) is 11.3. The predicted octanol–water partition coefficient (Wildman–Crippen LogP) is 4.10. The summed E-state index contributed by atoms with van der Waals surface area (Å²) in [6, 6.07) is 13.8. The van der Waals surface area contributed by atoms with Gasteiger partial charge in [0.1, 0.15) is 11.3 Å². The maximum atomic E-state index is 12.3. The number of nitro groups is 1. The van der Waals surface area contributed by atoms with Gasteiger partial charge in [-0.05, 0) is 18.2 Å². The van der Waals surface area contributed by atoms with Crippen LogP contribution in [0.3, 0.4) is 0 Å². The number of nitro benzene ring substituents is 1. The molecule has 0 fully saturated rings. The number of amides is 1. The number of rotatable bonds is 5. The van der Waals surface area contributed by atoms with Gasteiger partial charge in [0.25, 0.3) is 11.6 Å². The van der Waals surface area contributed by atoms with E-state index in [9.17, 15) is 14.9 Å². The number of nitrogens with one attached hydrogen (secondary N) is 1. The second-order valence-corrected chi connectivity index (χ2v) is 6.97. The summed E-state index contributed by atoms with van der Waals surface area (Å²) in [6.45, 7) is 0. The lowest BCUT2D eigenvalue weighted by Crippen LogP contribution is -2.47. The highest BCUT2D eigenvalue weighted by molar-refractivity contribution is 6.68. The molecule has 0 spiro atoms. The van der Waals surface area contributed by atoms with E-state index in [-0.39, 0.29) is 11.3 Å². The molecule has 0 radical (unpaired) electrons. The summed E-state index contributed by atoms with van der Waals surface area (Å²) in [4.78, 5) is 22.7. The fourth-order valence-corrected chi connectivity index (χ4v) is 2.13. The standard InChI is InChI=1S/C15H11Cl3N2O4/c16-15(17,18)14(24-10-6-2-1-3-7-10)19-13(21)11-8-4-5-9-12(11)20(22)23/h1-9,14H,(H,19,21)/t14-/m0/s1. The Morgan fingerprint density at radius 2 is 1.67 bits per heavy atom. The predicted molar refractivity (Wildman–Crippen MR) is 91.7 cm³/mol. The number of alkyl halides is 3. The van der Waals surface area contributed by atoms with E-state index in [0.717, 1.165) is 0 Å². The summed E-state index contributed by atoms with van der Waals surface area (Å²) in [6.07, 6.45) is -1.35. The average molecular weight is 390 g/mol. The fourth-order valence-electron chi connectivity index (χ4n) is 1.83. The van der Waals surface area contributed by atoms with Gasteiger partial charge in [0.15, 0.2) is 0 Å². The van der Waals surface area contributed by atoms with E-state index in [2.05, 4.69) is 5.32 Å². The highest BCUT2D eigenvalue weighted by Gasteiger charge is 2.37. The van der Waals surface area contributed by atoms with Crippen molar-refractivity contribution in [1.29, 1.82) is 0 Å². The van der Waals surface area contributed by atoms with E-state index < -0.39 is 20.9 Å². The topological polar surface area (TPSA) is 81.5 Å².